The Morgan fingerprint density at radius 1 is 1.27 bits per heavy atom. The molecule has 3 heterocycles. The number of hydrogen-bond donors (Lipinski definition) is 0. The molecule has 26 heavy (non-hydrogen) atoms. The van der Waals surface area contributed by atoms with E-state index in [-0.39, 0.29) is 0 Å². The second-order valence-electron chi connectivity index (χ2n) is 6.13. The van der Waals surface area contributed by atoms with E-state index in [2.05, 4.69) is 33.9 Å². The lowest BCUT2D eigenvalue weighted by Crippen LogP contribution is -2.18. The average Bonchev–Trinajstić information content (AvgIpc) is 3.25. The van der Waals surface area contributed by atoms with Crippen LogP contribution >= 0.6 is 23.4 Å². The average molecular weight is 386 g/mol. The number of benzene rings is 1. The summed E-state index contributed by atoms with van der Waals surface area (Å²) < 4.78 is 7.47. The number of aryl methyl sites for hydroxylation is 1. The molecule has 0 atom stereocenters. The van der Waals surface area contributed by atoms with E-state index in [4.69, 9.17) is 21.3 Å². The van der Waals surface area contributed by atoms with Gasteiger partial charge in [0.05, 0.1) is 35.1 Å². The van der Waals surface area contributed by atoms with E-state index in [0.717, 1.165) is 35.7 Å². The number of anilines is 1. The highest BCUT2D eigenvalue weighted by molar-refractivity contribution is 8.02. The molecular weight excluding hydrogens is 366 g/mol. The molecule has 1 aliphatic rings. The van der Waals surface area contributed by atoms with Crippen molar-refractivity contribution < 1.29 is 4.74 Å². The van der Waals surface area contributed by atoms with Crippen LogP contribution in [0.5, 0.6) is 5.75 Å². The fourth-order valence-corrected chi connectivity index (χ4v) is 4.43. The van der Waals surface area contributed by atoms with Gasteiger partial charge in [0.2, 0.25) is 0 Å². The van der Waals surface area contributed by atoms with Gasteiger partial charge in [0.15, 0.2) is 0 Å². The Kier molecular flexibility index (Phi) is 4.83. The third-order valence-corrected chi connectivity index (χ3v) is 5.56. The van der Waals surface area contributed by atoms with Crippen molar-refractivity contribution >= 4 is 40.4 Å². The van der Waals surface area contributed by atoms with Gasteiger partial charge >= 0.3 is 0 Å². The molecule has 0 N–H and O–H groups in total. The van der Waals surface area contributed by atoms with Gasteiger partial charge in [-0.3, -0.25) is 4.40 Å². The van der Waals surface area contributed by atoms with Crippen molar-refractivity contribution in [3.05, 3.63) is 64.4 Å². The van der Waals surface area contributed by atoms with E-state index >= 15 is 0 Å². The minimum Gasteiger partial charge on any atom is -0.495 e. The molecular formula is C20H20ClN3OS. The first-order chi connectivity index (χ1) is 12.7. The number of nitrogens with zero attached hydrogens (tertiary/aromatic N) is 3. The number of halogens is 1. The lowest BCUT2D eigenvalue weighted by molar-refractivity contribution is 0.415. The highest BCUT2D eigenvalue weighted by atomic mass is 35.5. The van der Waals surface area contributed by atoms with Crippen molar-refractivity contribution in [3.8, 4) is 5.75 Å². The molecule has 4 nitrogen and oxygen atoms in total. The highest BCUT2D eigenvalue weighted by Gasteiger charge is 2.25. The van der Waals surface area contributed by atoms with Crippen LogP contribution in [-0.4, -0.2) is 22.4 Å². The Balaban J connectivity index is 1.81. The Hall–Kier alpha value is -2.11. The van der Waals surface area contributed by atoms with Gasteiger partial charge in [0.25, 0.3) is 0 Å². The van der Waals surface area contributed by atoms with Crippen LogP contribution in [0, 0.1) is 0 Å². The predicted octanol–water partition coefficient (Wildman–Crippen LogP) is 5.46. The molecule has 0 aliphatic carbocycles. The van der Waals surface area contributed by atoms with Gasteiger partial charge in [0.1, 0.15) is 11.4 Å². The van der Waals surface area contributed by atoms with Crippen LogP contribution in [-0.2, 0) is 6.42 Å². The molecule has 1 aliphatic heterocycles. The molecule has 4 rings (SSSR count). The Labute approximate surface area is 162 Å². The van der Waals surface area contributed by atoms with Crippen LogP contribution in [0.1, 0.15) is 24.7 Å². The van der Waals surface area contributed by atoms with E-state index in [1.807, 2.05) is 30.3 Å². The van der Waals surface area contributed by atoms with Crippen LogP contribution < -0.4 is 9.64 Å². The SMILES string of the molecule is CCCc1nc2ccccn2c1C1=CSCN1c1ccc(OC)c(Cl)c1. The van der Waals surface area contributed by atoms with Crippen molar-refractivity contribution in [2.24, 2.45) is 0 Å². The maximum atomic E-state index is 6.36. The van der Waals surface area contributed by atoms with Gasteiger partial charge < -0.3 is 9.64 Å². The summed E-state index contributed by atoms with van der Waals surface area (Å²) in [4.78, 5) is 7.14. The molecule has 134 valence electrons. The van der Waals surface area contributed by atoms with Gasteiger partial charge in [-0.2, -0.15) is 0 Å². The van der Waals surface area contributed by atoms with Crippen LogP contribution in [0.3, 0.4) is 0 Å². The largest absolute Gasteiger partial charge is 0.495 e. The third kappa shape index (κ3) is 2.95. The van der Waals surface area contributed by atoms with Gasteiger partial charge in [-0.1, -0.05) is 31.0 Å². The van der Waals surface area contributed by atoms with Crippen molar-refractivity contribution in [2.75, 3.05) is 17.9 Å². The van der Waals surface area contributed by atoms with Crippen molar-refractivity contribution in [1.29, 1.82) is 0 Å². The van der Waals surface area contributed by atoms with Gasteiger partial charge in [-0.05, 0) is 42.2 Å². The topological polar surface area (TPSA) is 29.8 Å². The monoisotopic (exact) mass is 385 g/mol. The minimum atomic E-state index is 0.619. The number of pyridine rings is 1. The quantitative estimate of drug-likeness (QED) is 0.583. The van der Waals surface area contributed by atoms with E-state index in [9.17, 15) is 0 Å². The number of methoxy groups -OCH3 is 1. The smallest absolute Gasteiger partial charge is 0.137 e. The standard InChI is InChI=1S/C20H20ClN3OS/c1-3-6-16-20(23-10-5-4-7-19(23)22-16)17-12-26-13-24(17)14-8-9-18(25-2)15(21)11-14/h4-5,7-12H,3,6,13H2,1-2H3. The number of aromatic nitrogens is 2. The van der Waals surface area contributed by atoms with E-state index in [0.29, 0.717) is 10.8 Å². The first-order valence-electron chi connectivity index (χ1n) is 8.62. The van der Waals surface area contributed by atoms with Crippen molar-refractivity contribution in [3.63, 3.8) is 0 Å². The molecule has 1 aromatic carbocycles. The summed E-state index contributed by atoms with van der Waals surface area (Å²) in [5.41, 5.74) is 5.51. The molecule has 0 radical (unpaired) electrons. The van der Waals surface area contributed by atoms with Gasteiger partial charge in [-0.25, -0.2) is 4.98 Å². The van der Waals surface area contributed by atoms with Crippen LogP contribution in [0.25, 0.3) is 11.3 Å². The summed E-state index contributed by atoms with van der Waals surface area (Å²) >= 11 is 8.14. The Morgan fingerprint density at radius 2 is 2.15 bits per heavy atom. The highest BCUT2D eigenvalue weighted by Crippen LogP contribution is 2.39. The number of fused-ring (bicyclic) bond motifs is 1. The van der Waals surface area contributed by atoms with Crippen molar-refractivity contribution in [1.82, 2.24) is 9.38 Å². The van der Waals surface area contributed by atoms with Crippen LogP contribution in [0.2, 0.25) is 5.02 Å². The summed E-state index contributed by atoms with van der Waals surface area (Å²) in [6.45, 7) is 2.19. The van der Waals surface area contributed by atoms with E-state index in [1.54, 1.807) is 18.9 Å². The fraction of sp³-hybridized carbons (Fsp3) is 0.250. The first-order valence-corrected chi connectivity index (χ1v) is 10.0. The summed E-state index contributed by atoms with van der Waals surface area (Å²) in [5.74, 6) is 1.54. The minimum absolute atomic E-state index is 0.619. The molecule has 0 saturated carbocycles. The first kappa shape index (κ1) is 17.3. The summed E-state index contributed by atoms with van der Waals surface area (Å²) in [6.07, 6.45) is 4.10. The van der Waals surface area contributed by atoms with Gasteiger partial charge in [0, 0.05) is 11.9 Å². The second-order valence-corrected chi connectivity index (χ2v) is 7.37. The summed E-state index contributed by atoms with van der Waals surface area (Å²) in [7, 11) is 1.63. The molecule has 0 bridgehead atoms. The zero-order valence-electron chi connectivity index (χ0n) is 14.8. The van der Waals surface area contributed by atoms with E-state index in [1.165, 1.54) is 11.4 Å². The second kappa shape index (κ2) is 7.25. The third-order valence-electron chi connectivity index (χ3n) is 4.47. The van der Waals surface area contributed by atoms with Crippen molar-refractivity contribution in [2.45, 2.75) is 19.8 Å². The lowest BCUT2D eigenvalue weighted by Gasteiger charge is -2.23. The number of thioether (sulfide) groups is 1. The maximum Gasteiger partial charge on any atom is 0.137 e. The molecule has 0 fully saturated rings. The zero-order valence-corrected chi connectivity index (χ0v) is 16.3. The molecule has 2 aromatic heterocycles. The molecule has 0 spiro atoms. The van der Waals surface area contributed by atoms with Crippen LogP contribution in [0.4, 0.5) is 5.69 Å². The number of ether oxygens (including phenoxy) is 1. The molecule has 6 heteroatoms. The fourth-order valence-electron chi connectivity index (χ4n) is 3.27. The Morgan fingerprint density at radius 3 is 2.92 bits per heavy atom. The summed E-state index contributed by atoms with van der Waals surface area (Å²) in [6, 6.07) is 12.1. The van der Waals surface area contributed by atoms with Crippen LogP contribution in [0.15, 0.2) is 48.0 Å². The molecule has 0 saturated heterocycles. The maximum absolute atomic E-state index is 6.36. The number of imidazole rings is 1. The molecule has 0 amide bonds. The van der Waals surface area contributed by atoms with Gasteiger partial charge in [-0.15, -0.1) is 11.8 Å². The lowest BCUT2D eigenvalue weighted by atomic mass is 10.1. The number of hydrogen-bond acceptors (Lipinski definition) is 4. The van der Waals surface area contributed by atoms with E-state index < -0.39 is 0 Å². The zero-order chi connectivity index (χ0) is 18.1. The Bertz CT molecular complexity index is 982. The summed E-state index contributed by atoms with van der Waals surface area (Å²) in [5, 5.41) is 2.83. The predicted molar refractivity (Wildman–Crippen MR) is 110 cm³/mol. The molecule has 3 aromatic rings. The number of rotatable bonds is 5. The molecule has 0 unspecified atom stereocenters. The normalized spacial score (nSPS) is 14.1.